The Morgan fingerprint density at radius 2 is 2.07 bits per heavy atom. The zero-order valence-electron chi connectivity index (χ0n) is 7.70. The maximum absolute atomic E-state index is 13.2. The van der Waals surface area contributed by atoms with E-state index < -0.39 is 28.2 Å². The lowest BCUT2D eigenvalue weighted by Gasteiger charge is -2.04. The number of nitrogens with zero attached hydrogens (tertiary/aromatic N) is 2. The first kappa shape index (κ1) is 11.0. The summed E-state index contributed by atoms with van der Waals surface area (Å²) in [5.74, 6) is -2.93. The molecule has 0 aliphatic rings. The van der Waals surface area contributed by atoms with Crippen LogP contribution in [0.25, 0.3) is 0 Å². The number of hydrogen-bond donors (Lipinski definition) is 0. The van der Waals surface area contributed by atoms with Crippen molar-refractivity contribution in [1.82, 2.24) is 0 Å². The van der Waals surface area contributed by atoms with E-state index in [0.29, 0.717) is 12.1 Å². The predicted molar refractivity (Wildman–Crippen MR) is 47.0 cm³/mol. The van der Waals surface area contributed by atoms with Gasteiger partial charge in [-0.2, -0.15) is 9.65 Å². The third kappa shape index (κ3) is 2.07. The van der Waals surface area contributed by atoms with Gasteiger partial charge >= 0.3 is 5.69 Å². The van der Waals surface area contributed by atoms with Crippen LogP contribution < -0.4 is 0 Å². The Kier molecular flexibility index (Phi) is 2.95. The molecule has 0 spiro atoms. The van der Waals surface area contributed by atoms with Crippen LogP contribution in [0.4, 0.5) is 14.5 Å². The number of hydrogen-bond acceptors (Lipinski definition) is 3. The van der Waals surface area contributed by atoms with Crippen LogP contribution in [0.1, 0.15) is 18.4 Å². The van der Waals surface area contributed by atoms with Crippen molar-refractivity contribution in [2.24, 2.45) is 0 Å². The highest BCUT2D eigenvalue weighted by atomic mass is 19.1. The van der Waals surface area contributed by atoms with E-state index >= 15 is 0 Å². The Morgan fingerprint density at radius 1 is 1.47 bits per heavy atom. The number of nitriles is 1. The molecule has 0 radical (unpaired) electrons. The summed E-state index contributed by atoms with van der Waals surface area (Å²) in [5.41, 5.74) is -1.11. The number of nitro groups is 1. The average molecular weight is 212 g/mol. The van der Waals surface area contributed by atoms with Crippen molar-refractivity contribution in [3.63, 3.8) is 0 Å². The quantitative estimate of drug-likeness (QED) is 0.558. The molecule has 6 heteroatoms. The van der Waals surface area contributed by atoms with Gasteiger partial charge in [0.05, 0.1) is 23.0 Å². The fourth-order valence-corrected chi connectivity index (χ4v) is 1.09. The summed E-state index contributed by atoms with van der Waals surface area (Å²) in [4.78, 5) is 9.24. The van der Waals surface area contributed by atoms with Gasteiger partial charge < -0.3 is 0 Å². The first-order chi connectivity index (χ1) is 6.97. The minimum absolute atomic E-state index is 0.180. The first-order valence-electron chi connectivity index (χ1n) is 4.00. The summed E-state index contributed by atoms with van der Waals surface area (Å²) in [6, 6.07) is 2.89. The minimum Gasteiger partial charge on any atom is -0.258 e. The van der Waals surface area contributed by atoms with E-state index in [1.54, 1.807) is 6.07 Å². The Morgan fingerprint density at radius 3 is 2.53 bits per heavy atom. The van der Waals surface area contributed by atoms with Crippen LogP contribution in [0.3, 0.4) is 0 Å². The van der Waals surface area contributed by atoms with Gasteiger partial charge in [0, 0.05) is 5.56 Å². The molecule has 0 saturated carbocycles. The topological polar surface area (TPSA) is 66.9 Å². The minimum atomic E-state index is -1.14. The fraction of sp³-hybridized carbons (Fsp3) is 0.222. The highest BCUT2D eigenvalue weighted by Gasteiger charge is 2.20. The molecule has 0 heterocycles. The second-order valence-electron chi connectivity index (χ2n) is 2.93. The van der Waals surface area contributed by atoms with Gasteiger partial charge in [0.1, 0.15) is 5.82 Å². The second-order valence-corrected chi connectivity index (χ2v) is 2.93. The predicted octanol–water partition coefficient (Wildman–Crippen LogP) is 2.50. The summed E-state index contributed by atoms with van der Waals surface area (Å²) in [6.07, 6.45) is 0. The maximum atomic E-state index is 13.2. The van der Waals surface area contributed by atoms with E-state index in [9.17, 15) is 18.9 Å². The van der Waals surface area contributed by atoms with E-state index in [4.69, 9.17) is 5.26 Å². The smallest absolute Gasteiger partial charge is 0.258 e. The molecular formula is C9H6F2N2O2. The molecule has 1 unspecified atom stereocenters. The van der Waals surface area contributed by atoms with Crippen LogP contribution in [0.15, 0.2) is 12.1 Å². The molecule has 1 rings (SSSR count). The van der Waals surface area contributed by atoms with Gasteiger partial charge in [-0.1, -0.05) is 0 Å². The van der Waals surface area contributed by atoms with Crippen LogP contribution in [0, 0.1) is 33.1 Å². The molecule has 4 nitrogen and oxygen atoms in total. The summed E-state index contributed by atoms with van der Waals surface area (Å²) >= 11 is 0. The summed E-state index contributed by atoms with van der Waals surface area (Å²) in [7, 11) is 0. The van der Waals surface area contributed by atoms with E-state index in [0.717, 1.165) is 0 Å². The lowest BCUT2D eigenvalue weighted by molar-refractivity contribution is -0.387. The van der Waals surface area contributed by atoms with Gasteiger partial charge in [-0.05, 0) is 13.0 Å². The van der Waals surface area contributed by atoms with E-state index in [1.807, 2.05) is 0 Å². The van der Waals surface area contributed by atoms with Crippen molar-refractivity contribution in [3.05, 3.63) is 39.4 Å². The van der Waals surface area contributed by atoms with Gasteiger partial charge in [-0.3, -0.25) is 10.1 Å². The molecule has 0 aliphatic heterocycles. The van der Waals surface area contributed by atoms with E-state index in [1.165, 1.54) is 6.92 Å². The van der Waals surface area contributed by atoms with Gasteiger partial charge in [0.15, 0.2) is 0 Å². The van der Waals surface area contributed by atoms with Gasteiger partial charge in [-0.15, -0.1) is 0 Å². The molecule has 0 N–H and O–H groups in total. The van der Waals surface area contributed by atoms with Crippen LogP contribution in [-0.2, 0) is 0 Å². The average Bonchev–Trinajstić information content (AvgIpc) is 2.19. The first-order valence-corrected chi connectivity index (χ1v) is 4.00. The monoisotopic (exact) mass is 212 g/mol. The normalized spacial score (nSPS) is 11.9. The van der Waals surface area contributed by atoms with Crippen molar-refractivity contribution in [2.45, 2.75) is 12.8 Å². The standard InChI is InChI=1S/C9H6F2N2O2/c1-5(4-12)6-2-8(11)9(13(14)15)3-7(6)10/h2-3,5H,1H3. The summed E-state index contributed by atoms with van der Waals surface area (Å²) < 4.78 is 26.3. The molecule has 1 aromatic carbocycles. The Labute approximate surface area is 83.9 Å². The number of benzene rings is 1. The third-order valence-electron chi connectivity index (χ3n) is 1.92. The second kappa shape index (κ2) is 4.00. The lowest BCUT2D eigenvalue weighted by Crippen LogP contribution is -2.00. The highest BCUT2D eigenvalue weighted by molar-refractivity contribution is 5.38. The number of halogens is 2. The summed E-state index contributed by atoms with van der Waals surface area (Å²) in [5, 5.41) is 18.8. The van der Waals surface area contributed by atoms with Gasteiger partial charge in [-0.25, -0.2) is 4.39 Å². The molecule has 0 amide bonds. The molecule has 0 saturated heterocycles. The number of rotatable bonds is 2. The van der Waals surface area contributed by atoms with Crippen LogP contribution >= 0.6 is 0 Å². The maximum Gasteiger partial charge on any atom is 0.307 e. The molecule has 0 bridgehead atoms. The molecule has 1 atom stereocenters. The van der Waals surface area contributed by atoms with E-state index in [2.05, 4.69) is 0 Å². The SMILES string of the molecule is CC(C#N)c1cc(F)c([N+](=O)[O-])cc1F. The molecule has 0 fully saturated rings. The van der Waals surface area contributed by atoms with Crippen LogP contribution in [0.5, 0.6) is 0 Å². The largest absolute Gasteiger partial charge is 0.307 e. The van der Waals surface area contributed by atoms with Crippen molar-refractivity contribution in [2.75, 3.05) is 0 Å². The fourth-order valence-electron chi connectivity index (χ4n) is 1.09. The molecule has 0 aromatic heterocycles. The number of nitro benzene ring substituents is 1. The molecular weight excluding hydrogens is 206 g/mol. The highest BCUT2D eigenvalue weighted by Crippen LogP contribution is 2.25. The van der Waals surface area contributed by atoms with Crippen molar-refractivity contribution in [3.8, 4) is 6.07 Å². The van der Waals surface area contributed by atoms with Gasteiger partial charge in [0.25, 0.3) is 0 Å². The molecule has 78 valence electrons. The van der Waals surface area contributed by atoms with E-state index in [-0.39, 0.29) is 5.56 Å². The Bertz CT molecular complexity index is 454. The zero-order chi connectivity index (χ0) is 11.6. The lowest BCUT2D eigenvalue weighted by atomic mass is 10.0. The van der Waals surface area contributed by atoms with Crippen molar-refractivity contribution in [1.29, 1.82) is 5.26 Å². The summed E-state index contributed by atoms with van der Waals surface area (Å²) in [6.45, 7) is 1.38. The zero-order valence-corrected chi connectivity index (χ0v) is 7.70. The van der Waals surface area contributed by atoms with Crippen LogP contribution in [0.2, 0.25) is 0 Å². The van der Waals surface area contributed by atoms with Crippen LogP contribution in [-0.4, -0.2) is 4.92 Å². The molecule has 0 aliphatic carbocycles. The molecule has 15 heavy (non-hydrogen) atoms. The van der Waals surface area contributed by atoms with Crippen molar-refractivity contribution >= 4 is 5.69 Å². The Balaban J connectivity index is 3.33. The molecule has 1 aromatic rings. The Hall–Kier alpha value is -2.03. The van der Waals surface area contributed by atoms with Crippen molar-refractivity contribution < 1.29 is 13.7 Å². The van der Waals surface area contributed by atoms with Gasteiger partial charge in [0.2, 0.25) is 5.82 Å². The third-order valence-corrected chi connectivity index (χ3v) is 1.92.